The lowest BCUT2D eigenvalue weighted by atomic mass is 10.0. The normalized spacial score (nSPS) is 13.4. The van der Waals surface area contributed by atoms with E-state index in [-0.39, 0.29) is 0 Å². The van der Waals surface area contributed by atoms with Gasteiger partial charge in [0, 0.05) is 0 Å². The fourth-order valence-electron chi connectivity index (χ4n) is 4.20. The van der Waals surface area contributed by atoms with E-state index >= 15 is 0 Å². The summed E-state index contributed by atoms with van der Waals surface area (Å²) in [7, 11) is 4.86. The van der Waals surface area contributed by atoms with E-state index in [0.29, 0.717) is 0 Å². The van der Waals surface area contributed by atoms with E-state index in [9.17, 15) is 0 Å². The maximum Gasteiger partial charge on any atom is 0.0883 e. The van der Waals surface area contributed by atoms with Gasteiger partial charge in [-0.1, -0.05) is 97.8 Å². The van der Waals surface area contributed by atoms with Crippen LogP contribution in [0.1, 0.15) is 124 Å². The Balaban J connectivity index is 3.41. The molecule has 0 saturated carbocycles. The minimum absolute atomic E-state index is 0.873. The lowest BCUT2D eigenvalue weighted by Crippen LogP contribution is -2.48. The molecule has 146 valence electrons. The minimum atomic E-state index is 0.873. The van der Waals surface area contributed by atoms with Crippen LogP contribution in [0.25, 0.3) is 0 Å². The molecule has 0 radical (unpaired) electrons. The Morgan fingerprint density at radius 1 is 0.542 bits per heavy atom. The second-order valence-corrected chi connectivity index (χ2v) is 8.60. The van der Waals surface area contributed by atoms with Crippen molar-refractivity contribution in [3.05, 3.63) is 0 Å². The molecule has 0 aromatic heterocycles. The fourth-order valence-corrected chi connectivity index (χ4v) is 4.20. The first kappa shape index (κ1) is 24.0. The Labute approximate surface area is 155 Å². The van der Waals surface area contributed by atoms with E-state index in [4.69, 9.17) is 0 Å². The van der Waals surface area contributed by atoms with Crippen LogP contribution in [0.3, 0.4) is 0 Å². The molecule has 0 heterocycles. The molecule has 0 saturated heterocycles. The zero-order valence-corrected chi connectivity index (χ0v) is 18.0. The van der Waals surface area contributed by atoms with Gasteiger partial charge in [0.15, 0.2) is 0 Å². The maximum absolute atomic E-state index is 2.43. The number of quaternary nitrogens is 1. The van der Waals surface area contributed by atoms with Gasteiger partial charge in [0.1, 0.15) is 0 Å². The van der Waals surface area contributed by atoms with Crippen molar-refractivity contribution in [2.24, 2.45) is 0 Å². The third kappa shape index (κ3) is 13.3. The van der Waals surface area contributed by atoms with Crippen molar-refractivity contribution in [1.29, 1.82) is 0 Å². The summed E-state index contributed by atoms with van der Waals surface area (Å²) in [6, 6.07) is 0.873. The monoisotopic (exact) mass is 340 g/mol. The first-order valence-electron chi connectivity index (χ1n) is 11.4. The molecule has 1 nitrogen and oxygen atoms in total. The molecule has 24 heavy (non-hydrogen) atoms. The van der Waals surface area contributed by atoms with Gasteiger partial charge in [0.25, 0.3) is 0 Å². The molecule has 1 atom stereocenters. The largest absolute Gasteiger partial charge is 0.326 e. The van der Waals surface area contributed by atoms with Crippen LogP contribution in [0.15, 0.2) is 0 Å². The molecule has 0 aromatic carbocycles. The molecular formula is C23H50N+. The number of hydrogen-bond acceptors (Lipinski definition) is 0. The SMILES string of the molecule is CCCCCCCCCCCCCCCC(CC)[N+](C)(C)CCC. The molecule has 0 aliphatic heterocycles. The topological polar surface area (TPSA) is 0 Å². The Kier molecular flexibility index (Phi) is 16.4. The number of unbranched alkanes of at least 4 members (excludes halogenated alkanes) is 12. The standard InChI is InChI=1S/C23H50N/c1-6-9-10-11-12-13-14-15-16-17-18-19-20-21-23(8-3)24(4,5)22-7-2/h23H,6-22H2,1-5H3/q+1. The molecule has 0 spiro atoms. The third-order valence-corrected chi connectivity index (χ3v) is 5.90. The van der Waals surface area contributed by atoms with Crippen LogP contribution in [0.5, 0.6) is 0 Å². The van der Waals surface area contributed by atoms with Gasteiger partial charge in [-0.25, -0.2) is 0 Å². The van der Waals surface area contributed by atoms with Crippen LogP contribution >= 0.6 is 0 Å². The average Bonchev–Trinajstić information content (AvgIpc) is 2.55. The number of rotatable bonds is 18. The van der Waals surface area contributed by atoms with Gasteiger partial charge in [-0.2, -0.15) is 0 Å². The predicted octanol–water partition coefficient (Wildman–Crippen LogP) is 7.73. The summed E-state index contributed by atoms with van der Waals surface area (Å²) < 4.78 is 1.23. The summed E-state index contributed by atoms with van der Waals surface area (Å²) in [5.74, 6) is 0. The van der Waals surface area contributed by atoms with E-state index in [1.807, 2.05) is 0 Å². The van der Waals surface area contributed by atoms with Gasteiger partial charge in [-0.3, -0.25) is 0 Å². The lowest BCUT2D eigenvalue weighted by Gasteiger charge is -2.38. The van der Waals surface area contributed by atoms with Crippen molar-refractivity contribution in [1.82, 2.24) is 0 Å². The smallest absolute Gasteiger partial charge is 0.0883 e. The van der Waals surface area contributed by atoms with E-state index in [1.54, 1.807) is 0 Å². The Morgan fingerprint density at radius 3 is 1.33 bits per heavy atom. The zero-order valence-electron chi connectivity index (χ0n) is 18.0. The summed E-state index contributed by atoms with van der Waals surface area (Å²) in [6.07, 6.45) is 23.0. The predicted molar refractivity (Wildman–Crippen MR) is 112 cm³/mol. The first-order chi connectivity index (χ1) is 11.6. The van der Waals surface area contributed by atoms with Crippen LogP contribution in [-0.2, 0) is 0 Å². The van der Waals surface area contributed by atoms with Gasteiger partial charge < -0.3 is 4.48 Å². The van der Waals surface area contributed by atoms with Crippen LogP contribution in [0.2, 0.25) is 0 Å². The second-order valence-electron chi connectivity index (χ2n) is 8.60. The molecule has 0 fully saturated rings. The van der Waals surface area contributed by atoms with E-state index in [0.717, 1.165) is 6.04 Å². The number of nitrogens with zero attached hydrogens (tertiary/aromatic N) is 1. The summed E-state index contributed by atoms with van der Waals surface area (Å²) in [4.78, 5) is 0. The van der Waals surface area contributed by atoms with Gasteiger partial charge in [-0.05, 0) is 25.7 Å². The highest BCUT2D eigenvalue weighted by Gasteiger charge is 2.24. The second kappa shape index (κ2) is 16.4. The molecule has 0 amide bonds. The zero-order chi connectivity index (χ0) is 18.1. The molecule has 0 N–H and O–H groups in total. The molecule has 1 unspecified atom stereocenters. The molecule has 0 bridgehead atoms. The third-order valence-electron chi connectivity index (χ3n) is 5.90. The van der Waals surface area contributed by atoms with Crippen molar-refractivity contribution >= 4 is 0 Å². The molecule has 1 heteroatoms. The van der Waals surface area contributed by atoms with Gasteiger partial charge >= 0.3 is 0 Å². The Morgan fingerprint density at radius 2 is 0.958 bits per heavy atom. The first-order valence-corrected chi connectivity index (χ1v) is 11.4. The van der Waals surface area contributed by atoms with Crippen molar-refractivity contribution in [2.45, 2.75) is 130 Å². The molecule has 0 aromatic rings. The lowest BCUT2D eigenvalue weighted by molar-refractivity contribution is -0.915. The summed E-state index contributed by atoms with van der Waals surface area (Å²) in [5.41, 5.74) is 0. The minimum Gasteiger partial charge on any atom is -0.326 e. The molecule has 0 aliphatic carbocycles. The highest BCUT2D eigenvalue weighted by atomic mass is 15.3. The van der Waals surface area contributed by atoms with Crippen LogP contribution in [0.4, 0.5) is 0 Å². The van der Waals surface area contributed by atoms with E-state index in [2.05, 4.69) is 34.9 Å². The summed E-state index contributed by atoms with van der Waals surface area (Å²) >= 11 is 0. The maximum atomic E-state index is 2.43. The molecule has 0 aliphatic rings. The van der Waals surface area contributed by atoms with Crippen LogP contribution < -0.4 is 0 Å². The van der Waals surface area contributed by atoms with Crippen LogP contribution in [0, 0.1) is 0 Å². The molecule has 0 rings (SSSR count). The van der Waals surface area contributed by atoms with Crippen LogP contribution in [-0.4, -0.2) is 31.2 Å². The van der Waals surface area contributed by atoms with Crippen molar-refractivity contribution in [3.63, 3.8) is 0 Å². The van der Waals surface area contributed by atoms with Gasteiger partial charge in [0.2, 0.25) is 0 Å². The van der Waals surface area contributed by atoms with Gasteiger partial charge in [-0.15, -0.1) is 0 Å². The van der Waals surface area contributed by atoms with Gasteiger partial charge in [0.05, 0.1) is 26.7 Å². The van der Waals surface area contributed by atoms with E-state index in [1.165, 1.54) is 114 Å². The van der Waals surface area contributed by atoms with Crippen molar-refractivity contribution < 1.29 is 4.48 Å². The Bertz CT molecular complexity index is 246. The molecular weight excluding hydrogens is 290 g/mol. The fraction of sp³-hybridized carbons (Fsp3) is 1.00. The van der Waals surface area contributed by atoms with Crippen molar-refractivity contribution in [3.8, 4) is 0 Å². The van der Waals surface area contributed by atoms with Crippen molar-refractivity contribution in [2.75, 3.05) is 20.6 Å². The Hall–Kier alpha value is -0.0400. The van der Waals surface area contributed by atoms with E-state index < -0.39 is 0 Å². The average molecular weight is 341 g/mol. The summed E-state index contributed by atoms with van der Waals surface area (Å²) in [6.45, 7) is 8.32. The number of hydrogen-bond donors (Lipinski definition) is 0. The highest BCUT2D eigenvalue weighted by molar-refractivity contribution is 4.58. The summed E-state index contributed by atoms with van der Waals surface area (Å²) in [5, 5.41) is 0. The quantitative estimate of drug-likeness (QED) is 0.177. The highest BCUT2D eigenvalue weighted by Crippen LogP contribution is 2.19.